The summed E-state index contributed by atoms with van der Waals surface area (Å²) in [5.41, 5.74) is 0. The lowest BCUT2D eigenvalue weighted by molar-refractivity contribution is -0.0571. The highest BCUT2D eigenvalue weighted by molar-refractivity contribution is 7.80. The molecular formula is C17H32N2O5S. The Morgan fingerprint density at radius 2 is 1.80 bits per heavy atom. The molecule has 7 nitrogen and oxygen atoms in total. The van der Waals surface area contributed by atoms with Gasteiger partial charge in [0.15, 0.2) is 0 Å². The number of aliphatic hydroxyl groups is 5. The molecule has 0 fully saturated rings. The summed E-state index contributed by atoms with van der Waals surface area (Å²) in [5.74, 6) is 0. The number of rotatable bonds is 10. The van der Waals surface area contributed by atoms with Crippen molar-refractivity contribution in [2.24, 2.45) is 0 Å². The fourth-order valence-corrected chi connectivity index (χ4v) is 3.08. The summed E-state index contributed by atoms with van der Waals surface area (Å²) in [7, 11) is 0. The highest BCUT2D eigenvalue weighted by Gasteiger charge is 2.33. The summed E-state index contributed by atoms with van der Waals surface area (Å²) in [6, 6.07) is -0.990. The highest BCUT2D eigenvalue weighted by Crippen LogP contribution is 2.14. The van der Waals surface area contributed by atoms with Crippen LogP contribution in [0.1, 0.15) is 39.5 Å². The van der Waals surface area contributed by atoms with Crippen molar-refractivity contribution in [1.29, 1.82) is 0 Å². The van der Waals surface area contributed by atoms with Gasteiger partial charge < -0.3 is 36.2 Å². The fraction of sp³-hybridized carbons (Fsp3) is 0.824. The van der Waals surface area contributed by atoms with Crippen molar-refractivity contribution >= 4 is 17.2 Å². The first-order chi connectivity index (χ1) is 11.8. The molecule has 8 heteroatoms. The van der Waals surface area contributed by atoms with E-state index < -0.39 is 42.6 Å². The van der Waals surface area contributed by atoms with Crippen molar-refractivity contribution in [3.63, 3.8) is 0 Å². The van der Waals surface area contributed by atoms with E-state index in [9.17, 15) is 25.5 Å². The van der Waals surface area contributed by atoms with E-state index in [1.54, 1.807) is 6.08 Å². The molecule has 1 aliphatic carbocycles. The Balaban J connectivity index is 2.68. The zero-order valence-corrected chi connectivity index (χ0v) is 15.7. The van der Waals surface area contributed by atoms with Gasteiger partial charge in [-0.1, -0.05) is 38.2 Å². The Morgan fingerprint density at radius 3 is 2.40 bits per heavy atom. The van der Waals surface area contributed by atoms with Crippen LogP contribution in [0.3, 0.4) is 0 Å². The first kappa shape index (κ1) is 22.4. The number of hydrogen-bond donors (Lipinski definition) is 7. The molecule has 1 aliphatic rings. The van der Waals surface area contributed by atoms with Gasteiger partial charge in [-0.2, -0.15) is 0 Å². The zero-order valence-electron chi connectivity index (χ0n) is 14.9. The largest absolute Gasteiger partial charge is 0.393 e. The van der Waals surface area contributed by atoms with E-state index in [2.05, 4.69) is 10.6 Å². The van der Waals surface area contributed by atoms with Gasteiger partial charge in [0, 0.05) is 13.0 Å². The van der Waals surface area contributed by atoms with Crippen molar-refractivity contribution in [1.82, 2.24) is 10.6 Å². The minimum atomic E-state index is -1.26. The van der Waals surface area contributed by atoms with Gasteiger partial charge in [-0.15, -0.1) is 0 Å². The van der Waals surface area contributed by atoms with Crippen LogP contribution in [0.2, 0.25) is 0 Å². The fourth-order valence-electron chi connectivity index (χ4n) is 2.73. The molecule has 0 saturated carbocycles. The number of hydrogen-bond acceptors (Lipinski definition) is 7. The average Bonchev–Trinajstić information content (AvgIpc) is 2.57. The normalized spacial score (nSPS) is 29.9. The van der Waals surface area contributed by atoms with Crippen molar-refractivity contribution in [2.75, 3.05) is 6.54 Å². The van der Waals surface area contributed by atoms with Crippen LogP contribution in [0.15, 0.2) is 12.2 Å². The topological polar surface area (TPSA) is 125 Å². The molecule has 146 valence electrons. The van der Waals surface area contributed by atoms with E-state index in [0.29, 0.717) is 17.8 Å². The molecule has 0 aromatic heterocycles. The molecule has 0 aromatic rings. The summed E-state index contributed by atoms with van der Waals surface area (Å²) < 4.78 is 0. The molecule has 0 spiro atoms. The number of aliphatic hydroxyl groups excluding tert-OH is 5. The molecule has 0 heterocycles. The Hall–Kier alpha value is -0.610. The molecule has 7 atom stereocenters. The SMILES string of the molecule is CCCC(=S)NC(CNC1C=CC(O)C(O)C1O)C(O)CC(O)CC. The Morgan fingerprint density at radius 1 is 1.12 bits per heavy atom. The van der Waals surface area contributed by atoms with Crippen LogP contribution >= 0.6 is 12.2 Å². The van der Waals surface area contributed by atoms with Gasteiger partial charge >= 0.3 is 0 Å². The summed E-state index contributed by atoms with van der Waals surface area (Å²) in [6.07, 6.45) is 0.439. The first-order valence-corrected chi connectivity index (χ1v) is 9.32. The second kappa shape index (κ2) is 11.2. The van der Waals surface area contributed by atoms with E-state index in [0.717, 1.165) is 6.42 Å². The lowest BCUT2D eigenvalue weighted by Crippen LogP contribution is -2.56. The van der Waals surface area contributed by atoms with E-state index in [1.165, 1.54) is 6.08 Å². The molecule has 0 amide bonds. The van der Waals surface area contributed by atoms with Crippen LogP contribution in [0.4, 0.5) is 0 Å². The maximum Gasteiger partial charge on any atom is 0.111 e. The second-order valence-corrected chi connectivity index (χ2v) is 7.07. The first-order valence-electron chi connectivity index (χ1n) is 8.91. The van der Waals surface area contributed by atoms with Gasteiger partial charge in [-0.05, 0) is 19.3 Å². The summed E-state index contributed by atoms with van der Waals surface area (Å²) >= 11 is 5.27. The van der Waals surface area contributed by atoms with Gasteiger partial charge in [0.25, 0.3) is 0 Å². The van der Waals surface area contributed by atoms with Gasteiger partial charge in [0.05, 0.1) is 29.3 Å². The Kier molecular flexibility index (Phi) is 10.0. The molecule has 0 saturated heterocycles. The van der Waals surface area contributed by atoms with Crippen molar-refractivity contribution in [3.05, 3.63) is 12.2 Å². The molecule has 25 heavy (non-hydrogen) atoms. The predicted octanol–water partition coefficient (Wildman–Crippen LogP) is -0.795. The molecule has 0 aliphatic heterocycles. The molecule has 0 radical (unpaired) electrons. The third-order valence-corrected chi connectivity index (χ3v) is 4.75. The Labute approximate surface area is 154 Å². The third kappa shape index (κ3) is 7.26. The summed E-state index contributed by atoms with van der Waals surface area (Å²) in [4.78, 5) is 0.634. The standard InChI is InChI=1S/C17H32N2O5S/c1-3-5-15(25)19-12(14(22)8-10(20)4-2)9-18-11-6-7-13(21)17(24)16(11)23/h6-7,10-14,16-18,20-24H,3-5,8-9H2,1-2H3,(H,19,25). The highest BCUT2D eigenvalue weighted by atomic mass is 32.1. The lowest BCUT2D eigenvalue weighted by Gasteiger charge is -2.34. The lowest BCUT2D eigenvalue weighted by atomic mass is 9.93. The summed E-state index contributed by atoms with van der Waals surface area (Å²) in [5, 5.41) is 55.7. The van der Waals surface area contributed by atoms with Crippen LogP contribution in [-0.2, 0) is 0 Å². The molecule has 7 unspecified atom stereocenters. The van der Waals surface area contributed by atoms with E-state index >= 15 is 0 Å². The van der Waals surface area contributed by atoms with Crippen LogP contribution in [0, 0.1) is 0 Å². The second-order valence-electron chi connectivity index (χ2n) is 6.58. The van der Waals surface area contributed by atoms with Gasteiger partial charge in [0.1, 0.15) is 18.3 Å². The van der Waals surface area contributed by atoms with Crippen LogP contribution < -0.4 is 10.6 Å². The van der Waals surface area contributed by atoms with E-state index in [1.807, 2.05) is 13.8 Å². The maximum absolute atomic E-state index is 10.4. The van der Waals surface area contributed by atoms with Crippen molar-refractivity contribution in [3.8, 4) is 0 Å². The van der Waals surface area contributed by atoms with Crippen LogP contribution in [0.25, 0.3) is 0 Å². The smallest absolute Gasteiger partial charge is 0.111 e. The minimum absolute atomic E-state index is 0.217. The van der Waals surface area contributed by atoms with Gasteiger partial charge in [0.2, 0.25) is 0 Å². The molecule has 0 bridgehead atoms. The molecule has 0 aromatic carbocycles. The summed E-state index contributed by atoms with van der Waals surface area (Å²) in [6.45, 7) is 4.13. The number of thiocarbonyl (C=S) groups is 1. The zero-order chi connectivity index (χ0) is 19.0. The van der Waals surface area contributed by atoms with Crippen molar-refractivity contribution < 1.29 is 25.5 Å². The van der Waals surface area contributed by atoms with Gasteiger partial charge in [-0.3, -0.25) is 0 Å². The Bertz CT molecular complexity index is 437. The van der Waals surface area contributed by atoms with Crippen LogP contribution in [-0.4, -0.2) is 79.7 Å². The maximum atomic E-state index is 10.4. The van der Waals surface area contributed by atoms with E-state index in [-0.39, 0.29) is 13.0 Å². The average molecular weight is 377 g/mol. The third-order valence-electron chi connectivity index (χ3n) is 4.43. The predicted molar refractivity (Wildman–Crippen MR) is 100 cm³/mol. The molecule has 7 N–H and O–H groups in total. The van der Waals surface area contributed by atoms with Gasteiger partial charge in [-0.25, -0.2) is 0 Å². The quantitative estimate of drug-likeness (QED) is 0.195. The minimum Gasteiger partial charge on any atom is -0.393 e. The van der Waals surface area contributed by atoms with E-state index in [4.69, 9.17) is 12.2 Å². The monoisotopic (exact) mass is 376 g/mol. The molecule has 1 rings (SSSR count). The van der Waals surface area contributed by atoms with Crippen LogP contribution in [0.5, 0.6) is 0 Å². The molecular weight excluding hydrogens is 344 g/mol. The number of nitrogens with one attached hydrogen (secondary N) is 2. The van der Waals surface area contributed by atoms with Crippen molar-refractivity contribution in [2.45, 2.75) is 82.1 Å².